The van der Waals surface area contributed by atoms with Crippen LogP contribution in [0.4, 0.5) is 21.6 Å². The number of aromatic nitrogens is 2. The summed E-state index contributed by atoms with van der Waals surface area (Å²) in [6.07, 6.45) is 7.20. The Kier molecular flexibility index (Phi) is 6.73. The average molecular weight is 482 g/mol. The fourth-order valence-electron chi connectivity index (χ4n) is 4.69. The van der Waals surface area contributed by atoms with Gasteiger partial charge in [0, 0.05) is 23.4 Å². The number of nitrogens with zero attached hydrogens (tertiary/aromatic N) is 3. The minimum Gasteiger partial charge on any atom is -0.337 e. The fourth-order valence-corrected chi connectivity index (χ4v) is 4.69. The predicted octanol–water partition coefficient (Wildman–Crippen LogP) is 6.08. The van der Waals surface area contributed by atoms with Gasteiger partial charge in [-0.25, -0.2) is 14.4 Å². The van der Waals surface area contributed by atoms with E-state index in [0.29, 0.717) is 28.1 Å². The van der Waals surface area contributed by atoms with Gasteiger partial charge < -0.3 is 10.6 Å². The van der Waals surface area contributed by atoms with Gasteiger partial charge in [0.1, 0.15) is 18.0 Å². The lowest BCUT2D eigenvalue weighted by atomic mass is 9.97. The van der Waals surface area contributed by atoms with Gasteiger partial charge in [-0.05, 0) is 63.2 Å². The summed E-state index contributed by atoms with van der Waals surface area (Å²) in [5, 5.41) is 6.89. The molecule has 5 rings (SSSR count). The lowest BCUT2D eigenvalue weighted by Crippen LogP contribution is -2.23. The van der Waals surface area contributed by atoms with Crippen LogP contribution in [0.5, 0.6) is 0 Å². The van der Waals surface area contributed by atoms with E-state index < -0.39 is 0 Å². The van der Waals surface area contributed by atoms with Crippen molar-refractivity contribution in [3.63, 3.8) is 0 Å². The molecule has 1 amide bonds. The monoisotopic (exact) mass is 481 g/mol. The number of nitrogens with one attached hydrogen (secondary N) is 2. The molecule has 1 saturated heterocycles. The Morgan fingerprint density at radius 3 is 2.72 bits per heavy atom. The third-order valence-corrected chi connectivity index (χ3v) is 6.54. The smallest absolute Gasteiger partial charge is 0.248 e. The Morgan fingerprint density at radius 1 is 1.08 bits per heavy atom. The molecule has 1 fully saturated rings. The molecule has 0 radical (unpaired) electrons. The first-order chi connectivity index (χ1) is 17.5. The third-order valence-electron chi connectivity index (χ3n) is 6.54. The SMILES string of the molecule is Cc1cccc(-c2c(NC(=O)/C=C/[C@H]3CCCN3C)ccc3ncnc(Nc4ccccc4F)c23)c1. The average Bonchev–Trinajstić information content (AvgIpc) is 3.29. The van der Waals surface area contributed by atoms with Crippen LogP contribution in [0.2, 0.25) is 0 Å². The van der Waals surface area contributed by atoms with Crippen molar-refractivity contribution in [3.05, 3.63) is 90.5 Å². The molecule has 0 bridgehead atoms. The zero-order chi connectivity index (χ0) is 25.1. The van der Waals surface area contributed by atoms with E-state index in [4.69, 9.17) is 0 Å². The van der Waals surface area contributed by atoms with Crippen molar-refractivity contribution in [1.29, 1.82) is 0 Å². The number of halogens is 1. The number of likely N-dealkylation sites (N-methyl/N-ethyl adjacent to an activating group) is 1. The van der Waals surface area contributed by atoms with E-state index >= 15 is 0 Å². The Labute approximate surface area is 209 Å². The second-order valence-corrected chi connectivity index (χ2v) is 9.12. The van der Waals surface area contributed by atoms with Gasteiger partial charge in [-0.15, -0.1) is 0 Å². The number of benzene rings is 3. The van der Waals surface area contributed by atoms with Crippen LogP contribution in [-0.4, -0.2) is 40.4 Å². The Bertz CT molecular complexity index is 1450. The van der Waals surface area contributed by atoms with E-state index in [-0.39, 0.29) is 17.8 Å². The van der Waals surface area contributed by atoms with Gasteiger partial charge in [0.25, 0.3) is 0 Å². The molecular formula is C29H28FN5O. The minimum absolute atomic E-state index is 0.205. The summed E-state index contributed by atoms with van der Waals surface area (Å²) in [7, 11) is 2.07. The molecule has 1 aliphatic heterocycles. The summed E-state index contributed by atoms with van der Waals surface area (Å²) in [6.45, 7) is 3.05. The molecule has 1 atom stereocenters. The van der Waals surface area contributed by atoms with Crippen LogP contribution in [0.25, 0.3) is 22.0 Å². The minimum atomic E-state index is -0.382. The summed E-state index contributed by atoms with van der Waals surface area (Å²) in [6, 6.07) is 18.4. The van der Waals surface area contributed by atoms with Crippen molar-refractivity contribution >= 4 is 34.0 Å². The molecule has 1 aliphatic rings. The quantitative estimate of drug-likeness (QED) is 0.327. The van der Waals surface area contributed by atoms with Crippen molar-refractivity contribution in [2.75, 3.05) is 24.2 Å². The topological polar surface area (TPSA) is 70.2 Å². The lowest BCUT2D eigenvalue weighted by Gasteiger charge is -2.17. The summed E-state index contributed by atoms with van der Waals surface area (Å²) in [4.78, 5) is 24.1. The number of likely N-dealkylation sites (tertiary alicyclic amines) is 1. The number of anilines is 3. The van der Waals surface area contributed by atoms with Crippen molar-refractivity contribution in [2.24, 2.45) is 0 Å². The highest BCUT2D eigenvalue weighted by Gasteiger charge is 2.20. The Balaban J connectivity index is 1.60. The molecule has 182 valence electrons. The Morgan fingerprint density at radius 2 is 1.94 bits per heavy atom. The van der Waals surface area contributed by atoms with Crippen LogP contribution in [0.1, 0.15) is 18.4 Å². The first-order valence-corrected chi connectivity index (χ1v) is 12.1. The highest BCUT2D eigenvalue weighted by atomic mass is 19.1. The van der Waals surface area contributed by atoms with E-state index in [1.54, 1.807) is 24.3 Å². The van der Waals surface area contributed by atoms with E-state index in [1.165, 1.54) is 12.4 Å². The van der Waals surface area contributed by atoms with Crippen LogP contribution < -0.4 is 10.6 Å². The van der Waals surface area contributed by atoms with Gasteiger partial charge in [0.15, 0.2) is 0 Å². The molecule has 0 aliphatic carbocycles. The standard InChI is InChI=1S/C29H28FN5O/c1-19-7-5-8-20(17-19)27-25(33-26(36)15-12-21-9-6-16-35(21)2)14-13-24-28(27)29(32-18-31-24)34-23-11-4-3-10-22(23)30/h3-5,7-8,10-15,17-18,21H,6,9,16H2,1-2H3,(H,33,36)(H,31,32,34)/b15-12+/t21-/m1/s1. The molecule has 2 N–H and O–H groups in total. The fraction of sp³-hybridized carbons (Fsp3) is 0.207. The first kappa shape index (κ1) is 23.6. The third kappa shape index (κ3) is 4.97. The molecule has 3 aromatic carbocycles. The number of rotatable bonds is 6. The van der Waals surface area contributed by atoms with Gasteiger partial charge in [-0.2, -0.15) is 0 Å². The van der Waals surface area contributed by atoms with E-state index in [1.807, 2.05) is 49.4 Å². The van der Waals surface area contributed by atoms with Crippen molar-refractivity contribution in [3.8, 4) is 11.1 Å². The van der Waals surface area contributed by atoms with Crippen LogP contribution in [0, 0.1) is 12.7 Å². The number of carbonyl (C=O) groups is 1. The number of hydrogen-bond donors (Lipinski definition) is 2. The zero-order valence-corrected chi connectivity index (χ0v) is 20.3. The Hall–Kier alpha value is -4.10. The van der Waals surface area contributed by atoms with Crippen molar-refractivity contribution in [1.82, 2.24) is 14.9 Å². The molecule has 2 heterocycles. The molecule has 4 aromatic rings. The van der Waals surface area contributed by atoms with Crippen molar-refractivity contribution in [2.45, 2.75) is 25.8 Å². The van der Waals surface area contributed by atoms with Gasteiger partial charge in [-0.1, -0.05) is 48.0 Å². The van der Waals surface area contributed by atoms with Gasteiger partial charge in [0.05, 0.1) is 16.6 Å². The highest BCUT2D eigenvalue weighted by molar-refractivity contribution is 6.11. The van der Waals surface area contributed by atoms with E-state index in [0.717, 1.165) is 36.1 Å². The number of carbonyl (C=O) groups excluding carboxylic acids is 1. The van der Waals surface area contributed by atoms with Crippen LogP contribution in [-0.2, 0) is 4.79 Å². The molecule has 0 saturated carbocycles. The molecule has 36 heavy (non-hydrogen) atoms. The van der Waals surface area contributed by atoms with Crippen LogP contribution in [0.3, 0.4) is 0 Å². The summed E-state index contributed by atoms with van der Waals surface area (Å²) in [5.74, 6) is -0.127. The molecular weight excluding hydrogens is 453 g/mol. The maximum atomic E-state index is 14.5. The normalized spacial score (nSPS) is 16.0. The predicted molar refractivity (Wildman–Crippen MR) is 143 cm³/mol. The largest absolute Gasteiger partial charge is 0.337 e. The molecule has 0 unspecified atom stereocenters. The van der Waals surface area contributed by atoms with E-state index in [9.17, 15) is 9.18 Å². The molecule has 6 nitrogen and oxygen atoms in total. The van der Waals surface area contributed by atoms with Gasteiger partial charge in [-0.3, -0.25) is 9.69 Å². The highest BCUT2D eigenvalue weighted by Crippen LogP contribution is 2.39. The summed E-state index contributed by atoms with van der Waals surface area (Å²) < 4.78 is 14.5. The second-order valence-electron chi connectivity index (χ2n) is 9.12. The maximum Gasteiger partial charge on any atom is 0.248 e. The summed E-state index contributed by atoms with van der Waals surface area (Å²) in [5.41, 5.74) is 4.38. The second kappa shape index (κ2) is 10.3. The molecule has 1 aromatic heterocycles. The number of fused-ring (bicyclic) bond motifs is 1. The van der Waals surface area contributed by atoms with Crippen LogP contribution >= 0.6 is 0 Å². The van der Waals surface area contributed by atoms with Crippen molar-refractivity contribution < 1.29 is 9.18 Å². The summed E-state index contributed by atoms with van der Waals surface area (Å²) >= 11 is 0. The number of amides is 1. The van der Waals surface area contributed by atoms with E-state index in [2.05, 4.69) is 32.5 Å². The molecule has 0 spiro atoms. The number of para-hydroxylation sites is 1. The number of aryl methyl sites for hydroxylation is 1. The molecule has 7 heteroatoms. The van der Waals surface area contributed by atoms with Gasteiger partial charge >= 0.3 is 0 Å². The van der Waals surface area contributed by atoms with Crippen LogP contribution in [0.15, 0.2) is 79.1 Å². The first-order valence-electron chi connectivity index (χ1n) is 12.1. The lowest BCUT2D eigenvalue weighted by molar-refractivity contribution is -0.111. The zero-order valence-electron chi connectivity index (χ0n) is 20.3. The maximum absolute atomic E-state index is 14.5. The number of hydrogen-bond acceptors (Lipinski definition) is 5. The van der Waals surface area contributed by atoms with Gasteiger partial charge in [0.2, 0.25) is 5.91 Å².